The first-order valence-electron chi connectivity index (χ1n) is 39.0. The smallest absolute Gasteiger partial charge is 0.174 e. The summed E-state index contributed by atoms with van der Waals surface area (Å²) in [6.07, 6.45) is 9.68. The molecule has 9 aromatic rings. The predicted molar refractivity (Wildman–Crippen MR) is 416 cm³/mol. The van der Waals surface area contributed by atoms with Crippen molar-refractivity contribution in [3.63, 3.8) is 0 Å². The molecule has 9 heterocycles. The molecule has 9 aliphatic rings. The van der Waals surface area contributed by atoms with Gasteiger partial charge in [-0.2, -0.15) is 15.8 Å². The van der Waals surface area contributed by atoms with Crippen LogP contribution in [0, 0.1) is 69.5 Å². The number of hydrogen-bond donors (Lipinski definition) is 6. The van der Waals surface area contributed by atoms with Gasteiger partial charge in [0.25, 0.3) is 0 Å². The Labute approximate surface area is 662 Å². The molecule has 24 heteroatoms. The Hall–Kier alpha value is -10.4. The highest BCUT2D eigenvalue weighted by atomic mass is 16.6. The molecule has 6 aromatic carbocycles. The van der Waals surface area contributed by atoms with Gasteiger partial charge in [0, 0.05) is 132 Å². The molecule has 3 aromatic heterocycles. The number of pyridine rings is 3. The van der Waals surface area contributed by atoms with Crippen LogP contribution in [0.25, 0.3) is 0 Å². The summed E-state index contributed by atoms with van der Waals surface area (Å²) >= 11 is 0. The zero-order valence-electron chi connectivity index (χ0n) is 63.9. The standard InChI is InChI=1S/3C30H31N3O5/c3*1-36-25-16-32-17-26-28(25)29(35)24(18-33-11-13-37-14-12-33)23(19-34)27(21-5-3-2-4-6-21)30(29,38-26)22-9-7-20(15-31)8-10-22/h3*2-10,16-17,23-24,27,34-35H,11-14,18-19H2,1H3/t3*23-,24-,27+,29+,30-/m000/s1. The summed E-state index contributed by atoms with van der Waals surface area (Å²) in [5.41, 5.74) is -0.359. The topological polar surface area (TPSA) is 324 Å². The number of methoxy groups -OCH3 is 3. The van der Waals surface area contributed by atoms with Crippen LogP contribution in [0.1, 0.15) is 84.5 Å². The number of ether oxygens (including phenoxy) is 9. The molecule has 6 fully saturated rings. The summed E-state index contributed by atoms with van der Waals surface area (Å²) in [4.78, 5) is 19.9. The van der Waals surface area contributed by atoms with Gasteiger partial charge in [-0.3, -0.25) is 29.7 Å². The van der Waals surface area contributed by atoms with Crippen molar-refractivity contribution in [3.05, 3.63) is 268 Å². The van der Waals surface area contributed by atoms with E-state index in [0.717, 1.165) is 72.6 Å². The minimum absolute atomic E-state index is 0.138. The van der Waals surface area contributed by atoms with Gasteiger partial charge < -0.3 is 73.3 Å². The van der Waals surface area contributed by atoms with Crippen molar-refractivity contribution in [2.24, 2.45) is 35.5 Å². The number of hydrogen-bond acceptors (Lipinski definition) is 24. The lowest BCUT2D eigenvalue weighted by Crippen LogP contribution is -2.53. The Balaban J connectivity index is 0.000000129. The van der Waals surface area contributed by atoms with Gasteiger partial charge in [-0.25, -0.2) is 0 Å². The van der Waals surface area contributed by atoms with Crippen molar-refractivity contribution in [1.29, 1.82) is 15.8 Å². The van der Waals surface area contributed by atoms with Crippen LogP contribution in [0.2, 0.25) is 0 Å². The second-order valence-electron chi connectivity index (χ2n) is 30.8. The molecule has 3 saturated carbocycles. The summed E-state index contributed by atoms with van der Waals surface area (Å²) in [6.45, 7) is 9.40. The van der Waals surface area contributed by atoms with Crippen molar-refractivity contribution < 1.29 is 73.3 Å². The summed E-state index contributed by atoms with van der Waals surface area (Å²) in [5, 5.41) is 101. The van der Waals surface area contributed by atoms with E-state index in [0.29, 0.717) is 127 Å². The lowest BCUT2D eigenvalue weighted by molar-refractivity contribution is -0.135. The van der Waals surface area contributed by atoms with Gasteiger partial charge in [0.1, 0.15) is 51.3 Å². The van der Waals surface area contributed by atoms with Crippen LogP contribution in [0.3, 0.4) is 0 Å². The van der Waals surface area contributed by atoms with Crippen molar-refractivity contribution in [2.45, 2.75) is 51.4 Å². The number of nitriles is 3. The number of rotatable bonds is 18. The zero-order chi connectivity index (χ0) is 79.0. The first-order chi connectivity index (χ1) is 55.7. The third kappa shape index (κ3) is 12.2. The molecule has 0 unspecified atom stereocenters. The number of benzene rings is 6. The average molecular weight is 1540 g/mol. The fourth-order valence-electron chi connectivity index (χ4n) is 21.1. The van der Waals surface area contributed by atoms with E-state index in [1.807, 2.05) is 127 Å². The lowest BCUT2D eigenvalue weighted by Gasteiger charge is -2.42. The molecule has 0 amide bonds. The van der Waals surface area contributed by atoms with Gasteiger partial charge in [-0.05, 0) is 69.8 Å². The van der Waals surface area contributed by atoms with Crippen LogP contribution in [0.5, 0.6) is 34.5 Å². The highest BCUT2D eigenvalue weighted by molar-refractivity contribution is 5.63. The predicted octanol–water partition coefficient (Wildman–Crippen LogP) is 8.38. The third-order valence-corrected chi connectivity index (χ3v) is 25.8. The quantitative estimate of drug-likeness (QED) is 0.0470. The monoisotopic (exact) mass is 1540 g/mol. The van der Waals surface area contributed by atoms with Crippen LogP contribution >= 0.6 is 0 Å². The van der Waals surface area contributed by atoms with Gasteiger partial charge in [0.15, 0.2) is 16.8 Å². The molecule has 588 valence electrons. The number of aliphatic hydroxyl groups excluding tert-OH is 3. The lowest BCUT2D eigenvalue weighted by atomic mass is 9.69. The van der Waals surface area contributed by atoms with Crippen LogP contribution in [0.4, 0.5) is 0 Å². The molecular formula is C90H93N9O15. The molecule has 6 N–H and O–H groups in total. The molecular weight excluding hydrogens is 1450 g/mol. The number of morpholine rings is 3. The minimum Gasteiger partial charge on any atom is -0.495 e. The number of fused-ring (bicyclic) bond motifs is 9. The van der Waals surface area contributed by atoms with Gasteiger partial charge >= 0.3 is 0 Å². The molecule has 0 radical (unpaired) electrons. The van der Waals surface area contributed by atoms with Gasteiger partial charge in [-0.15, -0.1) is 0 Å². The Morgan fingerprint density at radius 2 is 0.614 bits per heavy atom. The third-order valence-electron chi connectivity index (χ3n) is 25.8. The first-order valence-corrected chi connectivity index (χ1v) is 39.0. The highest BCUT2D eigenvalue weighted by Gasteiger charge is 2.80. The Kier molecular flexibility index (Phi) is 21.8. The SMILES string of the molecule is COc1cncc2c1[C@]1(O)[C@@H](CN3CCOCC3)[C@H](CO)[C@@H](c3ccccc3)[C@]1(c1ccc(C#N)cc1)O2.COc1cncc2c1[C@]1(O)[C@@H](CN3CCOCC3)[C@H](CO)[C@@H](c3ccccc3)[C@]1(c1ccc(C#N)cc1)O2.COc1cncc2c1[C@]1(O)[C@@H](CN3CCOCC3)[C@H](CO)[C@@H](c3ccccc3)[C@]1(c1ccc(C#N)cc1)O2. The van der Waals surface area contributed by atoms with Gasteiger partial charge in [0.2, 0.25) is 0 Å². The van der Waals surface area contributed by atoms with Crippen molar-refractivity contribution >= 4 is 0 Å². The van der Waals surface area contributed by atoms with E-state index in [2.05, 4.69) is 47.9 Å². The largest absolute Gasteiger partial charge is 0.495 e. The molecule has 0 spiro atoms. The van der Waals surface area contributed by atoms with Crippen molar-refractivity contribution in [3.8, 4) is 52.7 Å². The Morgan fingerprint density at radius 3 is 0.833 bits per heavy atom. The van der Waals surface area contributed by atoms with E-state index in [-0.39, 0.29) is 37.6 Å². The van der Waals surface area contributed by atoms with E-state index in [1.165, 1.54) is 0 Å². The maximum absolute atomic E-state index is 13.3. The van der Waals surface area contributed by atoms with E-state index < -0.39 is 69.1 Å². The highest BCUT2D eigenvalue weighted by Crippen LogP contribution is 2.75. The summed E-state index contributed by atoms with van der Waals surface area (Å²) < 4.78 is 54.8. The summed E-state index contributed by atoms with van der Waals surface area (Å²) in [7, 11) is 4.69. The first kappa shape index (κ1) is 77.5. The van der Waals surface area contributed by atoms with E-state index in [1.54, 1.807) is 94.9 Å². The Bertz CT molecular complexity index is 4510. The molecule has 15 atom stereocenters. The maximum atomic E-state index is 13.3. The van der Waals surface area contributed by atoms with Crippen LogP contribution < -0.4 is 28.4 Å². The number of aliphatic hydroxyl groups is 6. The number of aromatic nitrogens is 3. The molecule has 114 heavy (non-hydrogen) atoms. The van der Waals surface area contributed by atoms with Gasteiger partial charge in [-0.1, -0.05) is 127 Å². The van der Waals surface area contributed by atoms with Crippen LogP contribution in [-0.2, 0) is 47.8 Å². The zero-order valence-corrected chi connectivity index (χ0v) is 63.9. The molecule has 6 aliphatic heterocycles. The summed E-state index contributed by atoms with van der Waals surface area (Å²) in [6, 6.07) is 58.0. The van der Waals surface area contributed by atoms with Crippen molar-refractivity contribution in [2.75, 3.05) is 140 Å². The summed E-state index contributed by atoms with van der Waals surface area (Å²) in [5.74, 6) is -0.780. The molecule has 24 nitrogen and oxygen atoms in total. The average Bonchev–Trinajstić information content (AvgIpc) is 1.51. The fraction of sp³-hybridized carbons (Fsp3) is 0.400. The molecule has 3 aliphatic carbocycles. The van der Waals surface area contributed by atoms with E-state index in [4.69, 9.17) is 42.6 Å². The van der Waals surface area contributed by atoms with Crippen LogP contribution in [0.15, 0.2) is 201 Å². The molecule has 0 bridgehead atoms. The van der Waals surface area contributed by atoms with Crippen LogP contribution in [-0.4, -0.2) is 200 Å². The molecule has 3 saturated heterocycles. The second kappa shape index (κ2) is 32.1. The normalized spacial score (nSPS) is 30.2. The van der Waals surface area contributed by atoms with Gasteiger partial charge in [0.05, 0.1) is 150 Å². The maximum Gasteiger partial charge on any atom is 0.174 e. The van der Waals surface area contributed by atoms with E-state index >= 15 is 0 Å². The fourth-order valence-corrected chi connectivity index (χ4v) is 21.1. The minimum atomic E-state index is -1.57. The number of nitrogens with zero attached hydrogens (tertiary/aromatic N) is 9. The Morgan fingerprint density at radius 1 is 0.368 bits per heavy atom. The second-order valence-corrected chi connectivity index (χ2v) is 30.8. The van der Waals surface area contributed by atoms with Crippen molar-refractivity contribution in [1.82, 2.24) is 29.7 Å². The van der Waals surface area contributed by atoms with E-state index in [9.17, 15) is 46.4 Å². The molecule has 18 rings (SSSR count).